The van der Waals surface area contributed by atoms with Crippen molar-refractivity contribution in [3.63, 3.8) is 0 Å². The molecule has 0 spiro atoms. The lowest BCUT2D eigenvalue weighted by molar-refractivity contribution is -0.142. The molecule has 5 nitrogen and oxygen atoms in total. The second-order valence-corrected chi connectivity index (χ2v) is 9.13. The van der Waals surface area contributed by atoms with Crippen LogP contribution in [0, 0.1) is 6.92 Å². The first-order valence-corrected chi connectivity index (χ1v) is 12.4. The number of hydrogen-bond acceptors (Lipinski definition) is 3. The zero-order chi connectivity index (χ0) is 25.2. The summed E-state index contributed by atoms with van der Waals surface area (Å²) >= 11 is 12.9. The van der Waals surface area contributed by atoms with Gasteiger partial charge in [0.25, 0.3) is 5.91 Å². The highest BCUT2D eigenvalue weighted by atomic mass is 35.5. The number of nitrogens with zero attached hydrogens (tertiary/aromatic N) is 1. The molecule has 0 aliphatic heterocycles. The van der Waals surface area contributed by atoms with Crippen LogP contribution in [0.2, 0.25) is 10.0 Å². The Morgan fingerprint density at radius 2 is 1.60 bits per heavy atom. The average molecular weight is 513 g/mol. The Kier molecular flexibility index (Phi) is 10.0. The number of carbonyl (C=O) groups excluding carboxylic acids is 2. The molecular weight excluding hydrogens is 483 g/mol. The molecule has 0 radical (unpaired) electrons. The molecule has 0 bridgehead atoms. The van der Waals surface area contributed by atoms with E-state index in [9.17, 15) is 9.59 Å². The third kappa shape index (κ3) is 7.74. The van der Waals surface area contributed by atoms with Crippen LogP contribution in [0.3, 0.4) is 0 Å². The van der Waals surface area contributed by atoms with Crippen LogP contribution >= 0.6 is 23.2 Å². The van der Waals surface area contributed by atoms with Crippen LogP contribution in [0.15, 0.2) is 72.8 Å². The minimum atomic E-state index is -0.773. The number of hydrogen-bond donors (Lipinski definition) is 1. The zero-order valence-electron chi connectivity index (χ0n) is 20.0. The van der Waals surface area contributed by atoms with Crippen molar-refractivity contribution in [3.8, 4) is 5.75 Å². The molecule has 0 aromatic heterocycles. The van der Waals surface area contributed by atoms with E-state index in [0.29, 0.717) is 34.3 Å². The summed E-state index contributed by atoms with van der Waals surface area (Å²) in [5.41, 5.74) is 2.61. The molecule has 1 N–H and O–H groups in total. The quantitative estimate of drug-likeness (QED) is 0.350. The number of benzene rings is 3. The fourth-order valence-corrected chi connectivity index (χ4v) is 4.15. The van der Waals surface area contributed by atoms with Crippen molar-refractivity contribution in [3.05, 3.63) is 99.5 Å². The molecule has 2 amide bonds. The van der Waals surface area contributed by atoms with Crippen molar-refractivity contribution < 1.29 is 14.3 Å². The van der Waals surface area contributed by atoms with Gasteiger partial charge in [0.2, 0.25) is 5.91 Å². The van der Waals surface area contributed by atoms with Crippen molar-refractivity contribution in [1.29, 1.82) is 0 Å². The number of amides is 2. The summed E-state index contributed by atoms with van der Waals surface area (Å²) < 4.78 is 5.77. The topological polar surface area (TPSA) is 58.6 Å². The van der Waals surface area contributed by atoms with Crippen LogP contribution in [0.1, 0.15) is 30.0 Å². The van der Waals surface area contributed by atoms with E-state index in [1.54, 1.807) is 18.2 Å². The van der Waals surface area contributed by atoms with Crippen molar-refractivity contribution in [2.45, 2.75) is 39.3 Å². The zero-order valence-corrected chi connectivity index (χ0v) is 21.5. The molecule has 3 aromatic carbocycles. The number of halogens is 2. The number of carbonyl (C=O) groups is 2. The molecule has 0 saturated carbocycles. The van der Waals surface area contributed by atoms with Crippen molar-refractivity contribution in [2.24, 2.45) is 0 Å². The third-order valence-electron chi connectivity index (χ3n) is 5.59. The second kappa shape index (κ2) is 13.2. The Morgan fingerprint density at radius 3 is 2.23 bits per heavy atom. The summed E-state index contributed by atoms with van der Waals surface area (Å²) in [7, 11) is 0. The van der Waals surface area contributed by atoms with Crippen molar-refractivity contribution >= 4 is 35.0 Å². The summed E-state index contributed by atoms with van der Waals surface area (Å²) in [5, 5.41) is 3.81. The van der Waals surface area contributed by atoms with Gasteiger partial charge in [-0.2, -0.15) is 0 Å². The number of aryl methyl sites for hydroxylation is 1. The number of nitrogens with one attached hydrogen (secondary N) is 1. The van der Waals surface area contributed by atoms with Gasteiger partial charge >= 0.3 is 0 Å². The van der Waals surface area contributed by atoms with Gasteiger partial charge in [-0.25, -0.2) is 0 Å². The predicted octanol–water partition coefficient (Wildman–Crippen LogP) is 5.85. The standard InChI is InChI=1S/C28H30Cl2N2O3/c1-3-16-31-28(34)26(17-21-8-5-4-6-9-21)32(18-23-24(29)10-7-11-25(23)30)27(33)19-35-22-14-12-20(2)13-15-22/h4-15,26H,3,16-19H2,1-2H3,(H,31,34)/t26-/m1/s1. The Hall–Kier alpha value is -3.02. The third-order valence-corrected chi connectivity index (χ3v) is 6.30. The minimum absolute atomic E-state index is 0.0750. The van der Waals surface area contributed by atoms with Crippen molar-refractivity contribution in [1.82, 2.24) is 10.2 Å². The highest BCUT2D eigenvalue weighted by molar-refractivity contribution is 6.36. The summed E-state index contributed by atoms with van der Waals surface area (Å²) in [6, 6.07) is 21.5. The van der Waals surface area contributed by atoms with Crippen molar-refractivity contribution in [2.75, 3.05) is 13.2 Å². The smallest absolute Gasteiger partial charge is 0.261 e. The maximum Gasteiger partial charge on any atom is 0.261 e. The van der Waals surface area contributed by atoms with E-state index >= 15 is 0 Å². The molecule has 1 atom stereocenters. The lowest BCUT2D eigenvalue weighted by Gasteiger charge is -2.32. The molecule has 3 aromatic rings. The van der Waals surface area contributed by atoms with Crippen LogP contribution in [-0.2, 0) is 22.6 Å². The van der Waals surface area contributed by atoms with Gasteiger partial charge in [-0.05, 0) is 43.2 Å². The molecule has 3 rings (SSSR count). The van der Waals surface area contributed by atoms with Gasteiger partial charge in [0.1, 0.15) is 11.8 Å². The highest BCUT2D eigenvalue weighted by Gasteiger charge is 2.31. The Bertz CT molecular complexity index is 1100. The van der Waals surface area contributed by atoms with E-state index in [0.717, 1.165) is 17.5 Å². The average Bonchev–Trinajstić information content (AvgIpc) is 2.86. The van der Waals surface area contributed by atoms with Crippen LogP contribution in [0.25, 0.3) is 0 Å². The largest absolute Gasteiger partial charge is 0.484 e. The van der Waals surface area contributed by atoms with E-state index in [2.05, 4.69) is 5.32 Å². The van der Waals surface area contributed by atoms with E-state index in [1.165, 1.54) is 4.90 Å². The van der Waals surface area contributed by atoms with Gasteiger partial charge < -0.3 is 15.0 Å². The molecule has 0 heterocycles. The molecule has 0 aliphatic carbocycles. The van der Waals surface area contributed by atoms with Gasteiger partial charge in [-0.1, -0.05) is 84.2 Å². The molecule has 7 heteroatoms. The van der Waals surface area contributed by atoms with Gasteiger partial charge in [0.15, 0.2) is 6.61 Å². The van der Waals surface area contributed by atoms with E-state index < -0.39 is 6.04 Å². The van der Waals surface area contributed by atoms with Crippen LogP contribution in [0.5, 0.6) is 5.75 Å². The lowest BCUT2D eigenvalue weighted by atomic mass is 10.0. The maximum atomic E-state index is 13.6. The number of ether oxygens (including phenoxy) is 1. The summed E-state index contributed by atoms with van der Waals surface area (Å²) in [6.45, 7) is 4.32. The Balaban J connectivity index is 1.93. The van der Waals surface area contributed by atoms with Gasteiger partial charge in [-0.3, -0.25) is 9.59 Å². The lowest BCUT2D eigenvalue weighted by Crippen LogP contribution is -2.51. The molecular formula is C28H30Cl2N2O3. The SMILES string of the molecule is CCCNC(=O)[C@@H](Cc1ccccc1)N(Cc1c(Cl)cccc1Cl)C(=O)COc1ccc(C)cc1. The minimum Gasteiger partial charge on any atom is -0.484 e. The molecule has 0 aliphatic rings. The normalized spacial score (nSPS) is 11.5. The van der Waals surface area contributed by atoms with Gasteiger partial charge in [-0.15, -0.1) is 0 Å². The van der Waals surface area contributed by atoms with E-state index in [4.69, 9.17) is 27.9 Å². The fraction of sp³-hybridized carbons (Fsp3) is 0.286. The first kappa shape index (κ1) is 26.6. The first-order chi connectivity index (χ1) is 16.9. The molecule has 0 fully saturated rings. The van der Waals surface area contributed by atoms with Gasteiger partial charge in [0.05, 0.1) is 0 Å². The van der Waals surface area contributed by atoms with Gasteiger partial charge in [0, 0.05) is 35.1 Å². The number of rotatable bonds is 11. The summed E-state index contributed by atoms with van der Waals surface area (Å²) in [5.74, 6) is 0.00595. The molecule has 184 valence electrons. The van der Waals surface area contributed by atoms with Crippen LogP contribution in [-0.4, -0.2) is 35.9 Å². The van der Waals surface area contributed by atoms with E-state index in [-0.39, 0.29) is 25.0 Å². The maximum absolute atomic E-state index is 13.6. The molecule has 0 unspecified atom stereocenters. The predicted molar refractivity (Wildman–Crippen MR) is 141 cm³/mol. The summed E-state index contributed by atoms with van der Waals surface area (Å²) in [4.78, 5) is 28.4. The first-order valence-electron chi connectivity index (χ1n) is 11.6. The second-order valence-electron chi connectivity index (χ2n) is 8.32. The van der Waals surface area contributed by atoms with Crippen LogP contribution < -0.4 is 10.1 Å². The highest BCUT2D eigenvalue weighted by Crippen LogP contribution is 2.27. The summed E-state index contributed by atoms with van der Waals surface area (Å²) in [6.07, 6.45) is 1.12. The molecule has 35 heavy (non-hydrogen) atoms. The fourth-order valence-electron chi connectivity index (χ4n) is 3.64. The molecule has 0 saturated heterocycles. The Morgan fingerprint density at radius 1 is 0.943 bits per heavy atom. The Labute approximate surface area is 217 Å². The van der Waals surface area contributed by atoms with E-state index in [1.807, 2.05) is 68.4 Å². The monoisotopic (exact) mass is 512 g/mol. The van der Waals surface area contributed by atoms with Crippen LogP contribution in [0.4, 0.5) is 0 Å².